The molecular formula is C32H38O5. The molecule has 5 nitrogen and oxygen atoms in total. The molecule has 1 saturated carbocycles. The molecule has 3 aromatic rings. The van der Waals surface area contributed by atoms with E-state index in [1.165, 1.54) is 0 Å². The molecule has 2 fully saturated rings. The SMILES string of the molecule is OC1(C2O[C@H](COCc3ccccc3)[C@@H](OCc3ccccc3)[C@H]2OCc2ccccc2)CCCCC1. The van der Waals surface area contributed by atoms with Gasteiger partial charge in [0.05, 0.1) is 32.0 Å². The molecule has 0 amide bonds. The Kier molecular flexibility index (Phi) is 9.03. The molecule has 37 heavy (non-hydrogen) atoms. The van der Waals surface area contributed by atoms with E-state index in [0.29, 0.717) is 39.3 Å². The highest BCUT2D eigenvalue weighted by molar-refractivity contribution is 5.16. The maximum absolute atomic E-state index is 11.8. The van der Waals surface area contributed by atoms with E-state index in [2.05, 4.69) is 36.4 Å². The zero-order valence-electron chi connectivity index (χ0n) is 21.4. The summed E-state index contributed by atoms with van der Waals surface area (Å²) in [5.41, 5.74) is 2.36. The van der Waals surface area contributed by atoms with E-state index in [4.69, 9.17) is 18.9 Å². The minimum Gasteiger partial charge on any atom is -0.387 e. The van der Waals surface area contributed by atoms with Crippen LogP contribution in [-0.4, -0.2) is 41.7 Å². The number of benzene rings is 3. The molecule has 2 aliphatic rings. The second kappa shape index (κ2) is 12.8. The topological polar surface area (TPSA) is 57.2 Å². The summed E-state index contributed by atoms with van der Waals surface area (Å²) in [6.45, 7) is 1.74. The zero-order valence-corrected chi connectivity index (χ0v) is 21.4. The highest BCUT2D eigenvalue weighted by atomic mass is 16.6. The van der Waals surface area contributed by atoms with Crippen LogP contribution in [0.1, 0.15) is 48.8 Å². The number of hydrogen-bond acceptors (Lipinski definition) is 5. The van der Waals surface area contributed by atoms with Crippen molar-refractivity contribution in [2.75, 3.05) is 6.61 Å². The quantitative estimate of drug-likeness (QED) is 0.357. The molecule has 1 N–H and O–H groups in total. The van der Waals surface area contributed by atoms with Gasteiger partial charge in [-0.15, -0.1) is 0 Å². The van der Waals surface area contributed by atoms with Crippen molar-refractivity contribution in [3.63, 3.8) is 0 Å². The molecule has 4 atom stereocenters. The average molecular weight is 503 g/mol. The summed E-state index contributed by atoms with van der Waals surface area (Å²) < 4.78 is 25.8. The molecule has 5 rings (SSSR count). The highest BCUT2D eigenvalue weighted by Gasteiger charge is 2.55. The van der Waals surface area contributed by atoms with Gasteiger partial charge >= 0.3 is 0 Å². The van der Waals surface area contributed by atoms with Crippen molar-refractivity contribution in [1.82, 2.24) is 0 Å². The molecule has 0 bridgehead atoms. The Hall–Kier alpha value is -2.54. The van der Waals surface area contributed by atoms with Crippen molar-refractivity contribution in [3.05, 3.63) is 108 Å². The first-order valence-electron chi connectivity index (χ1n) is 13.5. The van der Waals surface area contributed by atoms with Gasteiger partial charge in [0.2, 0.25) is 0 Å². The van der Waals surface area contributed by atoms with Crippen LogP contribution < -0.4 is 0 Å². The molecule has 1 unspecified atom stereocenters. The van der Waals surface area contributed by atoms with E-state index >= 15 is 0 Å². The van der Waals surface area contributed by atoms with Gasteiger partial charge in [0.15, 0.2) is 0 Å². The third-order valence-corrected chi connectivity index (χ3v) is 7.52. The van der Waals surface area contributed by atoms with E-state index in [9.17, 15) is 5.11 Å². The molecule has 0 aromatic heterocycles. The van der Waals surface area contributed by atoms with Crippen molar-refractivity contribution in [2.24, 2.45) is 0 Å². The van der Waals surface area contributed by atoms with E-state index in [-0.39, 0.29) is 12.2 Å². The first-order chi connectivity index (χ1) is 18.2. The van der Waals surface area contributed by atoms with Crippen molar-refractivity contribution >= 4 is 0 Å². The van der Waals surface area contributed by atoms with Crippen LogP contribution in [0.4, 0.5) is 0 Å². The Labute approximate surface area is 220 Å². The third kappa shape index (κ3) is 6.86. The number of rotatable bonds is 11. The van der Waals surface area contributed by atoms with Crippen LogP contribution in [0.5, 0.6) is 0 Å². The van der Waals surface area contributed by atoms with Crippen LogP contribution in [-0.2, 0) is 38.8 Å². The summed E-state index contributed by atoms with van der Waals surface area (Å²) in [6.07, 6.45) is 2.97. The lowest BCUT2D eigenvalue weighted by atomic mass is 9.78. The van der Waals surface area contributed by atoms with Crippen LogP contribution in [0.2, 0.25) is 0 Å². The van der Waals surface area contributed by atoms with E-state index < -0.39 is 17.8 Å². The van der Waals surface area contributed by atoms with Gasteiger partial charge in [-0.3, -0.25) is 0 Å². The minimum atomic E-state index is -0.928. The lowest BCUT2D eigenvalue weighted by molar-refractivity contribution is -0.161. The summed E-state index contributed by atoms with van der Waals surface area (Å²) in [5, 5.41) is 11.8. The van der Waals surface area contributed by atoms with Crippen LogP contribution >= 0.6 is 0 Å². The van der Waals surface area contributed by atoms with E-state index in [1.54, 1.807) is 0 Å². The molecule has 1 aliphatic carbocycles. The molecule has 0 radical (unpaired) electrons. The monoisotopic (exact) mass is 502 g/mol. The van der Waals surface area contributed by atoms with Gasteiger partial charge < -0.3 is 24.1 Å². The Morgan fingerprint density at radius 3 is 1.68 bits per heavy atom. The lowest BCUT2D eigenvalue weighted by Crippen LogP contribution is -2.51. The molecule has 196 valence electrons. The van der Waals surface area contributed by atoms with Gasteiger partial charge in [0.1, 0.15) is 24.4 Å². The fourth-order valence-corrected chi connectivity index (χ4v) is 5.53. The Bertz CT molecular complexity index is 1050. The van der Waals surface area contributed by atoms with Crippen LogP contribution in [0.25, 0.3) is 0 Å². The maximum atomic E-state index is 11.8. The van der Waals surface area contributed by atoms with Gasteiger partial charge in [-0.25, -0.2) is 0 Å². The fraction of sp³-hybridized carbons (Fsp3) is 0.438. The summed E-state index contributed by atoms with van der Waals surface area (Å²) in [6, 6.07) is 30.4. The second-order valence-corrected chi connectivity index (χ2v) is 10.3. The third-order valence-electron chi connectivity index (χ3n) is 7.52. The molecule has 1 aliphatic heterocycles. The Morgan fingerprint density at radius 2 is 1.14 bits per heavy atom. The highest BCUT2D eigenvalue weighted by Crippen LogP contribution is 2.41. The predicted molar refractivity (Wildman–Crippen MR) is 143 cm³/mol. The summed E-state index contributed by atoms with van der Waals surface area (Å²) in [4.78, 5) is 0. The van der Waals surface area contributed by atoms with Gasteiger partial charge in [-0.05, 0) is 29.5 Å². The predicted octanol–water partition coefficient (Wildman–Crippen LogP) is 5.84. The molecule has 1 heterocycles. The van der Waals surface area contributed by atoms with E-state index in [0.717, 1.165) is 36.0 Å². The Morgan fingerprint density at radius 1 is 0.649 bits per heavy atom. The molecule has 0 spiro atoms. The van der Waals surface area contributed by atoms with Crippen molar-refractivity contribution < 1.29 is 24.1 Å². The number of aliphatic hydroxyl groups is 1. The fourth-order valence-electron chi connectivity index (χ4n) is 5.53. The normalized spacial score (nSPS) is 25.2. The number of ether oxygens (including phenoxy) is 4. The van der Waals surface area contributed by atoms with Gasteiger partial charge in [0, 0.05) is 0 Å². The Balaban J connectivity index is 1.35. The standard InChI is InChI=1S/C32H38O5/c33-32(19-11-4-12-20-32)31-30(36-23-27-17-9-3-10-18-27)29(35-22-26-15-7-2-8-16-26)28(37-31)24-34-21-25-13-5-1-6-14-25/h1-3,5-10,13-18,28-31,33H,4,11-12,19-24H2/t28-,29-,30-,31?/m1/s1. The van der Waals surface area contributed by atoms with Gasteiger partial charge in [0.25, 0.3) is 0 Å². The van der Waals surface area contributed by atoms with Crippen molar-refractivity contribution in [3.8, 4) is 0 Å². The average Bonchev–Trinajstić information content (AvgIpc) is 3.31. The number of hydrogen-bond donors (Lipinski definition) is 1. The molecule has 1 saturated heterocycles. The molecule has 3 aromatic carbocycles. The van der Waals surface area contributed by atoms with Crippen LogP contribution in [0.15, 0.2) is 91.0 Å². The van der Waals surface area contributed by atoms with Gasteiger partial charge in [-0.1, -0.05) is 110 Å². The van der Waals surface area contributed by atoms with Gasteiger partial charge in [-0.2, -0.15) is 0 Å². The first kappa shape index (κ1) is 26.1. The maximum Gasteiger partial charge on any atom is 0.116 e. The molecule has 5 heteroatoms. The van der Waals surface area contributed by atoms with Crippen LogP contribution in [0, 0.1) is 0 Å². The lowest BCUT2D eigenvalue weighted by Gasteiger charge is -2.39. The first-order valence-corrected chi connectivity index (χ1v) is 13.5. The second-order valence-electron chi connectivity index (χ2n) is 10.3. The minimum absolute atomic E-state index is 0.343. The summed E-state index contributed by atoms with van der Waals surface area (Å²) in [5.74, 6) is 0. The van der Waals surface area contributed by atoms with Crippen LogP contribution in [0.3, 0.4) is 0 Å². The summed E-state index contributed by atoms with van der Waals surface area (Å²) in [7, 11) is 0. The van der Waals surface area contributed by atoms with Crippen molar-refractivity contribution in [1.29, 1.82) is 0 Å². The molecular weight excluding hydrogens is 464 g/mol. The summed E-state index contributed by atoms with van der Waals surface area (Å²) >= 11 is 0. The van der Waals surface area contributed by atoms with E-state index in [1.807, 2.05) is 54.6 Å². The smallest absolute Gasteiger partial charge is 0.116 e. The van der Waals surface area contributed by atoms with Crippen molar-refractivity contribution in [2.45, 2.75) is 81.9 Å². The largest absolute Gasteiger partial charge is 0.387 e. The zero-order chi connectivity index (χ0) is 25.3.